The van der Waals surface area contributed by atoms with Crippen LogP contribution in [0.4, 0.5) is 0 Å². The van der Waals surface area contributed by atoms with Crippen LogP contribution in [0.15, 0.2) is 120 Å². The summed E-state index contributed by atoms with van der Waals surface area (Å²) < 4.78 is 141. The van der Waals surface area contributed by atoms with Crippen LogP contribution in [-0.2, 0) is 26.5 Å². The number of hydrogen-bond acceptors (Lipinski definition) is 4. The Balaban J connectivity index is 0.000000261. The van der Waals surface area contributed by atoms with Gasteiger partial charge in [0.15, 0.2) is 0 Å². The third-order valence-corrected chi connectivity index (χ3v) is 8.36. The number of nitrogens with zero attached hydrogens (tertiary/aromatic N) is 3. The normalized spacial score (nSPS) is 17.4. The second-order valence-electron chi connectivity index (χ2n) is 13.5. The molecule has 0 bridgehead atoms. The molecule has 0 aliphatic carbocycles. The summed E-state index contributed by atoms with van der Waals surface area (Å²) in [5.41, 5.74) is 2.84. The summed E-state index contributed by atoms with van der Waals surface area (Å²) in [6.45, 7) is -7.13. The Morgan fingerprint density at radius 2 is 1.54 bits per heavy atom. The van der Waals surface area contributed by atoms with Crippen LogP contribution >= 0.6 is 0 Å². The zero-order valence-corrected chi connectivity index (χ0v) is 31.9. The molecular formula is C49H45IrN3O-2. The largest absolute Gasteiger partial charge is 0.486 e. The monoisotopic (exact) mass is 901 g/mol. The summed E-state index contributed by atoms with van der Waals surface area (Å²) in [5, 5.41) is 1.18. The van der Waals surface area contributed by atoms with Crippen molar-refractivity contribution in [2.75, 3.05) is 0 Å². The predicted octanol–water partition coefficient (Wildman–Crippen LogP) is 12.9. The first-order chi connectivity index (χ1) is 32.3. The first-order valence-corrected chi connectivity index (χ1v) is 16.8. The summed E-state index contributed by atoms with van der Waals surface area (Å²) in [5.74, 6) is 0. The van der Waals surface area contributed by atoms with Crippen LogP contribution in [0.3, 0.4) is 0 Å². The van der Waals surface area contributed by atoms with Gasteiger partial charge >= 0.3 is 0 Å². The zero-order chi connectivity index (χ0) is 51.6. The number of benzene rings is 4. The quantitative estimate of drug-likeness (QED) is 0.162. The Kier molecular flexibility index (Phi) is 6.60. The van der Waals surface area contributed by atoms with Gasteiger partial charge in [0, 0.05) is 66.9 Å². The van der Waals surface area contributed by atoms with E-state index < -0.39 is 46.0 Å². The molecule has 0 unspecified atom stereocenters. The summed E-state index contributed by atoms with van der Waals surface area (Å²) in [6.07, 6.45) is 0.598. The van der Waals surface area contributed by atoms with Crippen molar-refractivity contribution in [3.05, 3.63) is 161 Å². The number of hydrogen-bond donors (Lipinski definition) is 0. The molecule has 0 fully saturated rings. The second-order valence-corrected chi connectivity index (χ2v) is 13.5. The Morgan fingerprint density at radius 1 is 0.704 bits per heavy atom. The molecular weight excluding hydrogens is 839 g/mol. The van der Waals surface area contributed by atoms with Crippen molar-refractivity contribution in [3.8, 4) is 44.8 Å². The minimum absolute atomic E-state index is 0. The van der Waals surface area contributed by atoms with Crippen LogP contribution in [0.5, 0.6) is 0 Å². The van der Waals surface area contributed by atoms with E-state index >= 15 is 0 Å². The van der Waals surface area contributed by atoms with Crippen LogP contribution in [-0.4, -0.2) is 15.0 Å². The molecule has 54 heavy (non-hydrogen) atoms. The molecule has 0 saturated carbocycles. The van der Waals surface area contributed by atoms with Crippen LogP contribution < -0.4 is 0 Å². The number of pyridine rings is 3. The van der Waals surface area contributed by atoms with Gasteiger partial charge in [-0.1, -0.05) is 111 Å². The van der Waals surface area contributed by atoms with Gasteiger partial charge in [0.2, 0.25) is 5.71 Å². The Hall–Kier alpha value is -5.22. The van der Waals surface area contributed by atoms with Gasteiger partial charge in [-0.15, -0.1) is 47.5 Å². The summed E-state index contributed by atoms with van der Waals surface area (Å²) >= 11 is 0. The van der Waals surface area contributed by atoms with E-state index in [1.165, 1.54) is 54.9 Å². The molecule has 1 radical (unpaired) electrons. The van der Waals surface area contributed by atoms with Gasteiger partial charge in [-0.2, -0.15) is 0 Å². The van der Waals surface area contributed by atoms with Crippen molar-refractivity contribution in [1.82, 2.24) is 15.0 Å². The number of rotatable bonds is 5. The van der Waals surface area contributed by atoms with Crippen molar-refractivity contribution in [2.24, 2.45) is 5.41 Å². The molecule has 0 N–H and O–H groups in total. The van der Waals surface area contributed by atoms with Gasteiger partial charge in [0.25, 0.3) is 0 Å². The van der Waals surface area contributed by atoms with Crippen LogP contribution in [0.1, 0.15) is 77.6 Å². The standard InChI is InChI=1S/C30H29N2O.C19H16N.Ir/c1-18-14-21(16-30(4,5)6)11-13-22(18)26-15-27(31-17-19(26)2)25-9-7-8-23-24-12-10-20(3)32-29(24)33-28(23)25;1-14-8-11-19(20-13-14)17-10-9-15(2)18(12-17)16-6-4-3-5-7-16;/h7-8,10-15,17H,16H2,1-6H3;3-9,11-13H,1-2H3;/q2*-1;/i1D3,2D3,3D3,16D2;1D3,2D3;. The van der Waals surface area contributed by atoms with Crippen molar-refractivity contribution in [1.29, 1.82) is 0 Å². The van der Waals surface area contributed by atoms with E-state index in [1.54, 1.807) is 51.1 Å². The minimum atomic E-state index is -2.70. The van der Waals surface area contributed by atoms with Crippen molar-refractivity contribution < 1.29 is 47.8 Å². The molecule has 0 spiro atoms. The topological polar surface area (TPSA) is 51.8 Å². The Morgan fingerprint density at radius 3 is 2.28 bits per heavy atom. The summed E-state index contributed by atoms with van der Waals surface area (Å²) in [7, 11) is 0. The molecule has 8 rings (SSSR count). The maximum Gasteiger partial charge on any atom is 0.216 e. The maximum absolute atomic E-state index is 8.69. The molecule has 4 aromatic carbocycles. The summed E-state index contributed by atoms with van der Waals surface area (Å²) in [4.78, 5) is 12.8. The fourth-order valence-corrected chi connectivity index (χ4v) is 5.97. The smallest absolute Gasteiger partial charge is 0.216 e. The fraction of sp³-hybridized carbons (Fsp3) is 0.204. The predicted molar refractivity (Wildman–Crippen MR) is 220 cm³/mol. The average molecular weight is 901 g/mol. The molecule has 0 saturated heterocycles. The summed E-state index contributed by atoms with van der Waals surface area (Å²) in [6, 6.07) is 33.6. The third kappa shape index (κ3) is 8.44. The third-order valence-electron chi connectivity index (χ3n) is 8.36. The van der Waals surface area contributed by atoms with Crippen molar-refractivity contribution in [3.63, 3.8) is 0 Å². The molecule has 273 valence electrons. The van der Waals surface area contributed by atoms with Gasteiger partial charge in [0.05, 0.1) is 5.58 Å². The van der Waals surface area contributed by atoms with E-state index in [2.05, 4.69) is 27.1 Å². The van der Waals surface area contributed by atoms with Gasteiger partial charge in [0.1, 0.15) is 0 Å². The molecule has 5 heteroatoms. The molecule has 0 amide bonds. The molecule has 4 nitrogen and oxygen atoms in total. The van der Waals surface area contributed by atoms with Crippen molar-refractivity contribution in [2.45, 2.75) is 61.4 Å². The maximum atomic E-state index is 8.69. The Bertz CT molecular complexity index is 3200. The van der Waals surface area contributed by atoms with E-state index in [9.17, 15) is 0 Å². The van der Waals surface area contributed by atoms with E-state index in [0.29, 0.717) is 38.7 Å². The first kappa shape index (κ1) is 22.2. The van der Waals surface area contributed by atoms with E-state index in [0.717, 1.165) is 5.56 Å². The fourth-order valence-electron chi connectivity index (χ4n) is 5.97. The van der Waals surface area contributed by atoms with E-state index in [4.69, 9.17) is 27.7 Å². The van der Waals surface area contributed by atoms with Crippen LogP contribution in [0, 0.1) is 51.8 Å². The van der Waals surface area contributed by atoms with Crippen LogP contribution in [0.2, 0.25) is 0 Å². The molecule has 8 aromatic rings. The Labute approximate surface area is 357 Å². The van der Waals surface area contributed by atoms with Gasteiger partial charge in [-0.25, -0.2) is 4.98 Å². The van der Waals surface area contributed by atoms with Gasteiger partial charge in [-0.3, -0.25) is 0 Å². The zero-order valence-electron chi connectivity index (χ0n) is 46.6. The van der Waals surface area contributed by atoms with E-state index in [-0.39, 0.29) is 76.2 Å². The van der Waals surface area contributed by atoms with Crippen LogP contribution in [0.25, 0.3) is 66.8 Å². The van der Waals surface area contributed by atoms with Crippen molar-refractivity contribution >= 4 is 22.1 Å². The number of furan rings is 1. The van der Waals surface area contributed by atoms with E-state index in [1.807, 2.05) is 30.3 Å². The average Bonchev–Trinajstić information content (AvgIpc) is 3.65. The number of aromatic nitrogens is 3. The minimum Gasteiger partial charge on any atom is -0.486 e. The number of fused-ring (bicyclic) bond motifs is 3. The second kappa shape index (κ2) is 16.0. The molecule has 4 aromatic heterocycles. The molecule has 4 heterocycles. The molecule has 0 aliphatic heterocycles. The SMILES string of the molecule is [2H]C([2H])([2H])c1ccc(-c2[c-]cc(C([2H])([2H])[2H])c(-c3ccccc3)c2)nc1.[2H]C([2H])([2H])c1ccc2c(n1)oc1c(-c3cc(-c4ccc(C([2H])([2H])C(C)(C)C)cc4C([2H])([2H])[2H])c(C([2H])([2H])[2H])cn3)[c-]ccc12.[Ir]. The first-order valence-electron chi connectivity index (χ1n) is 25.3. The number of aryl methyl sites for hydroxylation is 5. The molecule has 0 aliphatic rings. The van der Waals surface area contributed by atoms with Gasteiger partial charge in [-0.05, 0) is 102 Å². The molecule has 0 atom stereocenters. The van der Waals surface area contributed by atoms with Gasteiger partial charge < -0.3 is 14.4 Å².